The standard InChI is InChI=1S/C20H31N4/c1-20-19-21-9-5-10-22(19)14-16-24(20,15-6-11-23(20)13-12-21)17-18-7-3-2-4-8-18/h2-4,7-8,19H,5-6,9-17H2,1H3/q+1/t19-,20+,24?/m0/s1. The molecule has 4 nitrogen and oxygen atoms in total. The molecule has 0 aromatic heterocycles. The highest BCUT2D eigenvalue weighted by Gasteiger charge is 2.65. The summed E-state index contributed by atoms with van der Waals surface area (Å²) in [5, 5.41) is 0. The third-order valence-electron chi connectivity index (χ3n) is 7.49. The molecule has 0 bridgehead atoms. The molecule has 1 aromatic carbocycles. The minimum atomic E-state index is 0.255. The molecule has 3 atom stereocenters. The Morgan fingerprint density at radius 3 is 2.54 bits per heavy atom. The summed E-state index contributed by atoms with van der Waals surface area (Å²) in [6, 6.07) is 11.2. The van der Waals surface area contributed by atoms with Gasteiger partial charge < -0.3 is 0 Å². The van der Waals surface area contributed by atoms with Crippen molar-refractivity contribution in [2.75, 3.05) is 52.4 Å². The van der Waals surface area contributed by atoms with Crippen molar-refractivity contribution in [1.29, 1.82) is 0 Å². The molecule has 4 saturated heterocycles. The monoisotopic (exact) mass is 327 g/mol. The predicted molar refractivity (Wildman–Crippen MR) is 96.3 cm³/mol. The van der Waals surface area contributed by atoms with Gasteiger partial charge in [0.1, 0.15) is 12.7 Å². The zero-order valence-electron chi connectivity index (χ0n) is 15.0. The van der Waals surface area contributed by atoms with Gasteiger partial charge in [0.05, 0.1) is 13.1 Å². The summed E-state index contributed by atoms with van der Waals surface area (Å²) >= 11 is 0. The fraction of sp³-hybridized carbons (Fsp3) is 0.700. The van der Waals surface area contributed by atoms with E-state index in [1.165, 1.54) is 81.8 Å². The summed E-state index contributed by atoms with van der Waals surface area (Å²) in [6.07, 6.45) is 3.33. The Morgan fingerprint density at radius 2 is 1.71 bits per heavy atom. The van der Waals surface area contributed by atoms with E-state index in [1.54, 1.807) is 0 Å². The van der Waals surface area contributed by atoms with E-state index < -0.39 is 0 Å². The second-order valence-electron chi connectivity index (χ2n) is 8.47. The van der Waals surface area contributed by atoms with Crippen LogP contribution in [0.5, 0.6) is 0 Å². The van der Waals surface area contributed by atoms with Gasteiger partial charge in [0, 0.05) is 58.2 Å². The van der Waals surface area contributed by atoms with Crippen molar-refractivity contribution in [3.63, 3.8) is 0 Å². The molecular weight excluding hydrogens is 296 g/mol. The van der Waals surface area contributed by atoms with Crippen molar-refractivity contribution in [1.82, 2.24) is 14.7 Å². The van der Waals surface area contributed by atoms with Gasteiger partial charge >= 0.3 is 0 Å². The Bertz CT molecular complexity index is 599. The van der Waals surface area contributed by atoms with E-state index in [4.69, 9.17) is 0 Å². The summed E-state index contributed by atoms with van der Waals surface area (Å²) in [6.45, 7) is 14.2. The Hall–Kier alpha value is -0.940. The maximum atomic E-state index is 2.86. The fourth-order valence-electron chi connectivity index (χ4n) is 6.33. The lowest BCUT2D eigenvalue weighted by Crippen LogP contribution is -2.88. The first-order chi connectivity index (χ1) is 11.7. The molecule has 1 aromatic rings. The van der Waals surface area contributed by atoms with Gasteiger partial charge in [-0.3, -0.25) is 14.3 Å². The van der Waals surface area contributed by atoms with Crippen LogP contribution in [-0.2, 0) is 6.54 Å². The summed E-state index contributed by atoms with van der Waals surface area (Å²) < 4.78 is 1.27. The normalized spacial score (nSPS) is 40.3. The Balaban J connectivity index is 1.58. The van der Waals surface area contributed by atoms with E-state index in [1.807, 2.05) is 0 Å². The van der Waals surface area contributed by atoms with Crippen LogP contribution in [0, 0.1) is 0 Å². The molecule has 1 unspecified atom stereocenters. The van der Waals surface area contributed by atoms with E-state index in [0.717, 1.165) is 0 Å². The molecular formula is C20H31N4+. The molecule has 0 aliphatic carbocycles. The molecule has 0 radical (unpaired) electrons. The number of piperazine rings is 2. The summed E-state index contributed by atoms with van der Waals surface area (Å²) in [5.74, 6) is 0. The van der Waals surface area contributed by atoms with Crippen LogP contribution in [0.25, 0.3) is 0 Å². The van der Waals surface area contributed by atoms with Gasteiger partial charge in [0.15, 0.2) is 5.66 Å². The number of nitrogens with zero attached hydrogens (tertiary/aromatic N) is 4. The maximum absolute atomic E-state index is 2.86. The average Bonchev–Trinajstić information content (AvgIpc) is 2.61. The quantitative estimate of drug-likeness (QED) is 0.767. The van der Waals surface area contributed by atoms with Crippen molar-refractivity contribution in [2.45, 2.75) is 38.1 Å². The highest BCUT2D eigenvalue weighted by molar-refractivity contribution is 5.14. The van der Waals surface area contributed by atoms with Crippen LogP contribution in [0.1, 0.15) is 25.3 Å². The van der Waals surface area contributed by atoms with Crippen molar-refractivity contribution >= 4 is 0 Å². The van der Waals surface area contributed by atoms with Crippen LogP contribution in [0.2, 0.25) is 0 Å². The third-order valence-corrected chi connectivity index (χ3v) is 7.49. The van der Waals surface area contributed by atoms with Crippen LogP contribution in [0.15, 0.2) is 30.3 Å². The van der Waals surface area contributed by atoms with Crippen LogP contribution < -0.4 is 0 Å². The van der Waals surface area contributed by atoms with Crippen LogP contribution in [0.3, 0.4) is 0 Å². The molecule has 0 amide bonds. The van der Waals surface area contributed by atoms with Gasteiger partial charge in [-0.1, -0.05) is 30.3 Å². The lowest BCUT2D eigenvalue weighted by molar-refractivity contribution is -1.01. The lowest BCUT2D eigenvalue weighted by Gasteiger charge is -2.70. The summed E-state index contributed by atoms with van der Waals surface area (Å²) in [4.78, 5) is 8.48. The first kappa shape index (κ1) is 15.3. The second-order valence-corrected chi connectivity index (χ2v) is 8.47. The summed E-state index contributed by atoms with van der Waals surface area (Å²) in [7, 11) is 0. The molecule has 4 heterocycles. The van der Waals surface area contributed by atoms with E-state index in [0.29, 0.717) is 6.17 Å². The topological polar surface area (TPSA) is 9.72 Å². The SMILES string of the molecule is C[C@]12[C@H]3N4CCCN3CC[N+]1(Cc1ccccc1)CCCN2CC4. The number of quaternary nitrogens is 1. The van der Waals surface area contributed by atoms with Gasteiger partial charge in [0.2, 0.25) is 0 Å². The smallest absolute Gasteiger partial charge is 0.182 e. The van der Waals surface area contributed by atoms with Gasteiger partial charge in [0.25, 0.3) is 0 Å². The van der Waals surface area contributed by atoms with Gasteiger partial charge in [-0.15, -0.1) is 0 Å². The predicted octanol–water partition coefficient (Wildman–Crippen LogP) is 1.79. The van der Waals surface area contributed by atoms with E-state index in [9.17, 15) is 0 Å². The number of hydrogen-bond acceptors (Lipinski definition) is 3. The molecule has 4 aliphatic heterocycles. The molecule has 5 rings (SSSR count). The molecule has 130 valence electrons. The molecule has 0 N–H and O–H groups in total. The van der Waals surface area contributed by atoms with Gasteiger partial charge in [-0.05, 0) is 6.42 Å². The number of hydrogen-bond donors (Lipinski definition) is 0. The lowest BCUT2D eigenvalue weighted by atomic mass is 9.86. The van der Waals surface area contributed by atoms with Crippen LogP contribution in [-0.4, -0.2) is 83.4 Å². The molecule has 24 heavy (non-hydrogen) atoms. The highest BCUT2D eigenvalue weighted by atomic mass is 15.6. The number of benzene rings is 1. The molecule has 4 heteroatoms. The Labute approximate surface area is 146 Å². The van der Waals surface area contributed by atoms with E-state index >= 15 is 0 Å². The minimum absolute atomic E-state index is 0.255. The van der Waals surface area contributed by atoms with Crippen molar-refractivity contribution in [3.8, 4) is 0 Å². The Kier molecular flexibility index (Phi) is 3.53. The average molecular weight is 327 g/mol. The fourth-order valence-corrected chi connectivity index (χ4v) is 6.33. The van der Waals surface area contributed by atoms with E-state index in [2.05, 4.69) is 52.0 Å². The minimum Gasteiger partial charge on any atom is -0.299 e. The zero-order chi connectivity index (χ0) is 16.2. The van der Waals surface area contributed by atoms with E-state index in [-0.39, 0.29) is 5.66 Å². The largest absolute Gasteiger partial charge is 0.299 e. The van der Waals surface area contributed by atoms with Crippen molar-refractivity contribution < 1.29 is 4.48 Å². The number of rotatable bonds is 2. The molecule has 4 fully saturated rings. The first-order valence-corrected chi connectivity index (χ1v) is 9.86. The molecule has 4 aliphatic rings. The van der Waals surface area contributed by atoms with Crippen LogP contribution in [0.4, 0.5) is 0 Å². The zero-order valence-corrected chi connectivity index (χ0v) is 15.0. The van der Waals surface area contributed by atoms with Gasteiger partial charge in [-0.25, -0.2) is 4.90 Å². The highest BCUT2D eigenvalue weighted by Crippen LogP contribution is 2.46. The van der Waals surface area contributed by atoms with Crippen molar-refractivity contribution in [3.05, 3.63) is 35.9 Å². The molecule has 0 spiro atoms. The Morgan fingerprint density at radius 1 is 0.917 bits per heavy atom. The summed E-state index contributed by atoms with van der Waals surface area (Å²) in [5.41, 5.74) is 1.77. The molecule has 0 saturated carbocycles. The third kappa shape index (κ3) is 2.00. The van der Waals surface area contributed by atoms with Gasteiger partial charge in [-0.2, -0.15) is 0 Å². The first-order valence-electron chi connectivity index (χ1n) is 9.86. The van der Waals surface area contributed by atoms with Crippen LogP contribution >= 0.6 is 0 Å². The van der Waals surface area contributed by atoms with Crippen molar-refractivity contribution in [2.24, 2.45) is 0 Å². The maximum Gasteiger partial charge on any atom is 0.182 e. The second kappa shape index (κ2) is 5.53.